The van der Waals surface area contributed by atoms with E-state index < -0.39 is 0 Å². The predicted octanol–water partition coefficient (Wildman–Crippen LogP) is 1.99. The number of hydrogen-bond donors (Lipinski definition) is 2. The molecule has 0 radical (unpaired) electrons. The van der Waals surface area contributed by atoms with Gasteiger partial charge >= 0.3 is 0 Å². The van der Waals surface area contributed by atoms with Crippen molar-refractivity contribution in [3.05, 3.63) is 29.3 Å². The zero-order valence-electron chi connectivity index (χ0n) is 7.16. The Bertz CT molecular complexity index is 471. The van der Waals surface area contributed by atoms with Gasteiger partial charge in [-0.3, -0.25) is 4.79 Å². The van der Waals surface area contributed by atoms with Gasteiger partial charge in [-0.1, -0.05) is 18.2 Å². The maximum atomic E-state index is 10.6. The van der Waals surface area contributed by atoms with Crippen LogP contribution in [0.3, 0.4) is 0 Å². The molecule has 2 rings (SSSR count). The number of hydrogen-bond acceptors (Lipinski definition) is 2. The lowest BCUT2D eigenvalue weighted by Crippen LogP contribution is -1.77. The molecule has 0 fully saturated rings. The summed E-state index contributed by atoms with van der Waals surface area (Å²) in [6, 6.07) is 5.59. The van der Waals surface area contributed by atoms with Crippen molar-refractivity contribution in [3.8, 4) is 5.88 Å². The van der Waals surface area contributed by atoms with E-state index in [9.17, 15) is 9.90 Å². The molecule has 13 heavy (non-hydrogen) atoms. The second-order valence-corrected chi connectivity index (χ2v) is 3.00. The number of aromatic amines is 1. The number of carbonyl (C=O) groups excluding carboxylic acids is 1. The number of nitrogens with one attached hydrogen (secondary N) is 1. The monoisotopic (exact) mass is 175 g/mol. The van der Waals surface area contributed by atoms with Crippen molar-refractivity contribution in [2.45, 2.75) is 6.92 Å². The number of fused-ring (bicyclic) bond motifs is 1. The molecule has 1 aromatic heterocycles. The number of benzene rings is 1. The average molecular weight is 175 g/mol. The Balaban J connectivity index is 2.93. The molecule has 0 saturated heterocycles. The van der Waals surface area contributed by atoms with Crippen molar-refractivity contribution in [2.75, 3.05) is 0 Å². The largest absolute Gasteiger partial charge is 0.494 e. The lowest BCUT2D eigenvalue weighted by molar-refractivity contribution is 0.112. The van der Waals surface area contributed by atoms with Crippen LogP contribution < -0.4 is 0 Å². The van der Waals surface area contributed by atoms with E-state index in [0.29, 0.717) is 11.8 Å². The van der Waals surface area contributed by atoms with Crippen LogP contribution in [0, 0.1) is 6.92 Å². The first-order chi connectivity index (χ1) is 6.24. The van der Waals surface area contributed by atoms with Gasteiger partial charge in [0.25, 0.3) is 0 Å². The Morgan fingerprint density at radius 2 is 2.23 bits per heavy atom. The van der Waals surface area contributed by atoms with Crippen LogP contribution >= 0.6 is 0 Å². The van der Waals surface area contributed by atoms with Crippen molar-refractivity contribution in [1.29, 1.82) is 0 Å². The number of rotatable bonds is 1. The first-order valence-electron chi connectivity index (χ1n) is 3.99. The van der Waals surface area contributed by atoms with E-state index >= 15 is 0 Å². The predicted molar refractivity (Wildman–Crippen MR) is 50.1 cm³/mol. The quantitative estimate of drug-likeness (QED) is 0.651. The van der Waals surface area contributed by atoms with E-state index in [4.69, 9.17) is 0 Å². The fourth-order valence-electron chi connectivity index (χ4n) is 1.49. The number of carbonyl (C=O) groups is 1. The van der Waals surface area contributed by atoms with E-state index in [1.807, 2.05) is 25.1 Å². The van der Waals surface area contributed by atoms with Gasteiger partial charge in [0.2, 0.25) is 0 Å². The molecule has 0 atom stereocenters. The molecule has 3 nitrogen and oxygen atoms in total. The zero-order chi connectivity index (χ0) is 9.42. The molecule has 0 bridgehead atoms. The Labute approximate surface area is 75.0 Å². The third-order valence-corrected chi connectivity index (χ3v) is 2.18. The van der Waals surface area contributed by atoms with E-state index in [1.54, 1.807) is 0 Å². The van der Waals surface area contributed by atoms with Gasteiger partial charge in [0, 0.05) is 5.39 Å². The van der Waals surface area contributed by atoms with Gasteiger partial charge in [-0.05, 0) is 12.5 Å². The highest BCUT2D eigenvalue weighted by molar-refractivity contribution is 6.01. The Morgan fingerprint density at radius 3 is 2.92 bits per heavy atom. The second kappa shape index (κ2) is 2.62. The molecule has 0 spiro atoms. The highest BCUT2D eigenvalue weighted by Crippen LogP contribution is 2.27. The van der Waals surface area contributed by atoms with Crippen LogP contribution in [-0.2, 0) is 0 Å². The Kier molecular flexibility index (Phi) is 1.59. The smallest absolute Gasteiger partial charge is 0.200 e. The molecular formula is C10H9NO2. The molecule has 66 valence electrons. The van der Waals surface area contributed by atoms with Gasteiger partial charge in [-0.2, -0.15) is 0 Å². The summed E-state index contributed by atoms with van der Waals surface area (Å²) in [5.74, 6) is -0.0562. The molecule has 3 heteroatoms. The molecule has 0 aliphatic carbocycles. The molecule has 0 aliphatic rings. The third kappa shape index (κ3) is 1.01. The fourth-order valence-corrected chi connectivity index (χ4v) is 1.49. The minimum atomic E-state index is -0.0562. The summed E-state index contributed by atoms with van der Waals surface area (Å²) in [6.45, 7) is 1.92. The minimum Gasteiger partial charge on any atom is -0.494 e. The van der Waals surface area contributed by atoms with Crippen molar-refractivity contribution >= 4 is 17.2 Å². The first kappa shape index (κ1) is 7.86. The standard InChI is InChI=1S/C10H9NO2/c1-6-3-2-4-7-8(5-12)10(13)11-9(6)7/h2-5,11,13H,1H3. The van der Waals surface area contributed by atoms with Crippen LogP contribution in [0.1, 0.15) is 15.9 Å². The maximum Gasteiger partial charge on any atom is 0.200 e. The van der Waals surface area contributed by atoms with Crippen molar-refractivity contribution in [1.82, 2.24) is 4.98 Å². The molecule has 0 unspecified atom stereocenters. The number of aromatic hydroxyl groups is 1. The van der Waals surface area contributed by atoms with E-state index in [0.717, 1.165) is 16.5 Å². The normalized spacial score (nSPS) is 10.5. The number of aryl methyl sites for hydroxylation is 1. The molecule has 1 heterocycles. The maximum absolute atomic E-state index is 10.6. The lowest BCUT2D eigenvalue weighted by Gasteiger charge is -1.93. The minimum absolute atomic E-state index is 0.0562. The van der Waals surface area contributed by atoms with E-state index in [2.05, 4.69) is 4.98 Å². The van der Waals surface area contributed by atoms with E-state index in [1.165, 1.54) is 0 Å². The molecule has 0 aliphatic heterocycles. The molecule has 2 aromatic rings. The number of aldehydes is 1. The molecule has 2 N–H and O–H groups in total. The van der Waals surface area contributed by atoms with Gasteiger partial charge in [0.05, 0.1) is 11.1 Å². The van der Waals surface area contributed by atoms with Gasteiger partial charge < -0.3 is 10.1 Å². The zero-order valence-corrected chi connectivity index (χ0v) is 7.16. The van der Waals surface area contributed by atoms with Crippen LogP contribution in [0.4, 0.5) is 0 Å². The fraction of sp³-hybridized carbons (Fsp3) is 0.100. The van der Waals surface area contributed by atoms with Gasteiger partial charge in [0.1, 0.15) is 0 Å². The van der Waals surface area contributed by atoms with Gasteiger partial charge in [-0.25, -0.2) is 0 Å². The van der Waals surface area contributed by atoms with Crippen LogP contribution in [0.25, 0.3) is 10.9 Å². The van der Waals surface area contributed by atoms with Crippen molar-refractivity contribution < 1.29 is 9.90 Å². The summed E-state index contributed by atoms with van der Waals surface area (Å²) in [5, 5.41) is 10.1. The topological polar surface area (TPSA) is 53.1 Å². The van der Waals surface area contributed by atoms with Crippen molar-refractivity contribution in [2.24, 2.45) is 0 Å². The van der Waals surface area contributed by atoms with Gasteiger partial charge in [0.15, 0.2) is 12.2 Å². The van der Waals surface area contributed by atoms with E-state index in [-0.39, 0.29) is 5.88 Å². The SMILES string of the molecule is Cc1cccc2c(C=O)c(O)[nH]c12. The Morgan fingerprint density at radius 1 is 1.46 bits per heavy atom. The molecule has 0 saturated carbocycles. The third-order valence-electron chi connectivity index (χ3n) is 2.18. The lowest BCUT2D eigenvalue weighted by atomic mass is 10.1. The summed E-state index contributed by atoms with van der Waals surface area (Å²) in [5.41, 5.74) is 2.17. The highest BCUT2D eigenvalue weighted by atomic mass is 16.3. The summed E-state index contributed by atoms with van der Waals surface area (Å²) < 4.78 is 0. The number of H-pyrrole nitrogens is 1. The van der Waals surface area contributed by atoms with Crippen molar-refractivity contribution in [3.63, 3.8) is 0 Å². The molecular weight excluding hydrogens is 166 g/mol. The first-order valence-corrected chi connectivity index (χ1v) is 3.99. The molecule has 1 aromatic carbocycles. The average Bonchev–Trinajstić information content (AvgIpc) is 2.43. The molecule has 0 amide bonds. The Hall–Kier alpha value is -1.77. The summed E-state index contributed by atoms with van der Waals surface area (Å²) >= 11 is 0. The van der Waals surface area contributed by atoms with Crippen LogP contribution in [0.5, 0.6) is 5.88 Å². The summed E-state index contributed by atoms with van der Waals surface area (Å²) in [7, 11) is 0. The van der Waals surface area contributed by atoms with Crippen LogP contribution in [0.2, 0.25) is 0 Å². The summed E-state index contributed by atoms with van der Waals surface area (Å²) in [4.78, 5) is 13.4. The van der Waals surface area contributed by atoms with Crippen LogP contribution in [-0.4, -0.2) is 16.4 Å². The number of aromatic nitrogens is 1. The van der Waals surface area contributed by atoms with Crippen LogP contribution in [0.15, 0.2) is 18.2 Å². The number of para-hydroxylation sites is 1. The highest BCUT2D eigenvalue weighted by Gasteiger charge is 2.09. The second-order valence-electron chi connectivity index (χ2n) is 3.00. The van der Waals surface area contributed by atoms with Gasteiger partial charge in [-0.15, -0.1) is 0 Å². The summed E-state index contributed by atoms with van der Waals surface area (Å²) in [6.07, 6.45) is 0.660.